The highest BCUT2D eigenvalue weighted by molar-refractivity contribution is 5.54. The topological polar surface area (TPSA) is 53.6 Å². The lowest BCUT2D eigenvalue weighted by Crippen LogP contribution is -2.00. The van der Waals surface area contributed by atoms with Gasteiger partial charge in [-0.2, -0.15) is 10.4 Å². The first-order chi connectivity index (χ1) is 8.19. The van der Waals surface area contributed by atoms with Crippen LogP contribution in [-0.2, 0) is 13.6 Å². The molecule has 0 aliphatic rings. The van der Waals surface area contributed by atoms with Crippen molar-refractivity contribution in [2.24, 2.45) is 7.05 Å². The lowest BCUT2D eigenvalue weighted by molar-refractivity contribution is 0.767. The van der Waals surface area contributed by atoms with Crippen LogP contribution < -0.4 is 5.32 Å². The van der Waals surface area contributed by atoms with Crippen molar-refractivity contribution in [1.29, 1.82) is 5.26 Å². The van der Waals surface area contributed by atoms with Crippen molar-refractivity contribution in [3.63, 3.8) is 0 Å². The van der Waals surface area contributed by atoms with Crippen LogP contribution in [0.3, 0.4) is 0 Å². The quantitative estimate of drug-likeness (QED) is 0.873. The summed E-state index contributed by atoms with van der Waals surface area (Å²) in [6.45, 7) is 2.73. The van der Waals surface area contributed by atoms with Gasteiger partial charge in [-0.25, -0.2) is 0 Å². The molecule has 0 fully saturated rings. The summed E-state index contributed by atoms with van der Waals surface area (Å²) in [7, 11) is 1.90. The average molecular weight is 226 g/mol. The van der Waals surface area contributed by atoms with Gasteiger partial charge in [0.15, 0.2) is 0 Å². The minimum absolute atomic E-state index is 0.689. The van der Waals surface area contributed by atoms with Crippen LogP contribution in [0.4, 0.5) is 5.69 Å². The van der Waals surface area contributed by atoms with Crippen molar-refractivity contribution < 1.29 is 0 Å². The molecule has 86 valence electrons. The number of anilines is 1. The Labute approximate surface area is 100 Å². The maximum Gasteiger partial charge on any atom is 0.0991 e. The molecule has 0 amide bonds. The summed E-state index contributed by atoms with van der Waals surface area (Å²) in [4.78, 5) is 0. The van der Waals surface area contributed by atoms with Gasteiger partial charge in [-0.1, -0.05) is 0 Å². The molecule has 1 N–H and O–H groups in total. The van der Waals surface area contributed by atoms with Gasteiger partial charge in [0.1, 0.15) is 0 Å². The van der Waals surface area contributed by atoms with Gasteiger partial charge in [-0.15, -0.1) is 0 Å². The van der Waals surface area contributed by atoms with E-state index in [1.165, 1.54) is 0 Å². The van der Waals surface area contributed by atoms with Gasteiger partial charge >= 0.3 is 0 Å². The fraction of sp³-hybridized carbons (Fsp3) is 0.231. The van der Waals surface area contributed by atoms with Crippen LogP contribution >= 0.6 is 0 Å². The highest BCUT2D eigenvalue weighted by atomic mass is 15.2. The number of hydrogen-bond acceptors (Lipinski definition) is 3. The number of aryl methyl sites for hydroxylation is 2. The Kier molecular flexibility index (Phi) is 3.10. The lowest BCUT2D eigenvalue weighted by atomic mass is 10.1. The summed E-state index contributed by atoms with van der Waals surface area (Å²) in [6, 6.07) is 7.76. The molecule has 0 saturated heterocycles. The molecule has 4 heteroatoms. The third-order valence-corrected chi connectivity index (χ3v) is 2.60. The van der Waals surface area contributed by atoms with Gasteiger partial charge in [0.05, 0.1) is 17.8 Å². The molecular weight excluding hydrogens is 212 g/mol. The van der Waals surface area contributed by atoms with Crippen LogP contribution in [0.15, 0.2) is 30.6 Å². The Bertz CT molecular complexity index is 563. The lowest BCUT2D eigenvalue weighted by Gasteiger charge is -2.08. The van der Waals surface area contributed by atoms with E-state index in [1.54, 1.807) is 4.68 Å². The molecule has 1 aromatic carbocycles. The number of nitriles is 1. The minimum atomic E-state index is 0.689. The second-order valence-electron chi connectivity index (χ2n) is 4.02. The molecule has 1 aromatic heterocycles. The van der Waals surface area contributed by atoms with E-state index >= 15 is 0 Å². The molecule has 0 saturated carbocycles. The summed E-state index contributed by atoms with van der Waals surface area (Å²) < 4.78 is 1.78. The van der Waals surface area contributed by atoms with Crippen LogP contribution in [0.2, 0.25) is 0 Å². The number of hydrogen-bond donors (Lipinski definition) is 1. The molecule has 0 aliphatic heterocycles. The first kappa shape index (κ1) is 11.2. The van der Waals surface area contributed by atoms with Crippen LogP contribution in [0.5, 0.6) is 0 Å². The maximum atomic E-state index is 8.78. The fourth-order valence-electron chi connectivity index (χ4n) is 1.69. The number of rotatable bonds is 3. The van der Waals surface area contributed by atoms with E-state index < -0.39 is 0 Å². The van der Waals surface area contributed by atoms with Gasteiger partial charge in [0.2, 0.25) is 0 Å². The van der Waals surface area contributed by atoms with Crippen molar-refractivity contribution in [3.05, 3.63) is 47.3 Å². The molecule has 0 aliphatic carbocycles. The zero-order valence-corrected chi connectivity index (χ0v) is 9.94. The minimum Gasteiger partial charge on any atom is -0.381 e. The summed E-state index contributed by atoms with van der Waals surface area (Å²) >= 11 is 0. The van der Waals surface area contributed by atoms with Crippen molar-refractivity contribution in [2.75, 3.05) is 5.32 Å². The number of nitrogens with one attached hydrogen (secondary N) is 1. The monoisotopic (exact) mass is 226 g/mol. The van der Waals surface area contributed by atoms with Crippen LogP contribution in [-0.4, -0.2) is 9.78 Å². The highest BCUT2D eigenvalue weighted by Crippen LogP contribution is 2.16. The third kappa shape index (κ3) is 2.64. The number of nitrogens with zero attached hydrogens (tertiary/aromatic N) is 3. The molecular formula is C13H14N4. The second kappa shape index (κ2) is 4.71. The standard InChI is InChI=1S/C13H14N4/c1-10-5-11(6-14)3-4-13(10)15-7-12-8-16-17(2)9-12/h3-5,8-9,15H,7H2,1-2H3. The molecule has 0 bridgehead atoms. The SMILES string of the molecule is Cc1cc(C#N)ccc1NCc1cnn(C)c1. The van der Waals surface area contributed by atoms with E-state index in [0.29, 0.717) is 5.56 Å². The van der Waals surface area contributed by atoms with Crippen LogP contribution in [0.1, 0.15) is 16.7 Å². The molecule has 4 nitrogen and oxygen atoms in total. The molecule has 2 aromatic rings. The van der Waals surface area contributed by atoms with Crippen LogP contribution in [0.25, 0.3) is 0 Å². The largest absolute Gasteiger partial charge is 0.381 e. The predicted octanol–water partition coefficient (Wildman–Crippen LogP) is 2.21. The molecule has 0 spiro atoms. The normalized spacial score (nSPS) is 9.94. The van der Waals surface area contributed by atoms with E-state index in [4.69, 9.17) is 5.26 Å². The van der Waals surface area contributed by atoms with E-state index in [1.807, 2.05) is 44.6 Å². The Morgan fingerprint density at radius 2 is 2.29 bits per heavy atom. The van der Waals surface area contributed by atoms with Gasteiger partial charge < -0.3 is 5.32 Å². The first-order valence-corrected chi connectivity index (χ1v) is 5.41. The molecule has 0 radical (unpaired) electrons. The zero-order chi connectivity index (χ0) is 12.3. The summed E-state index contributed by atoms with van der Waals surface area (Å²) in [6.07, 6.45) is 3.82. The van der Waals surface area contributed by atoms with Crippen molar-refractivity contribution in [1.82, 2.24) is 9.78 Å². The van der Waals surface area contributed by atoms with Crippen LogP contribution in [0, 0.1) is 18.3 Å². The summed E-state index contributed by atoms with van der Waals surface area (Å²) in [5, 5.41) is 16.2. The average Bonchev–Trinajstić information content (AvgIpc) is 2.73. The Balaban J connectivity index is 2.07. The van der Waals surface area contributed by atoms with Crippen molar-refractivity contribution in [2.45, 2.75) is 13.5 Å². The zero-order valence-electron chi connectivity index (χ0n) is 9.94. The fourth-order valence-corrected chi connectivity index (χ4v) is 1.69. The molecule has 0 atom stereocenters. The number of aromatic nitrogens is 2. The highest BCUT2D eigenvalue weighted by Gasteiger charge is 2.00. The van der Waals surface area contributed by atoms with Gasteiger partial charge in [0, 0.05) is 31.0 Å². The summed E-state index contributed by atoms with van der Waals surface area (Å²) in [5.41, 5.74) is 3.95. The van der Waals surface area contributed by atoms with Gasteiger partial charge in [0.25, 0.3) is 0 Å². The molecule has 0 unspecified atom stereocenters. The Morgan fingerprint density at radius 3 is 2.88 bits per heavy atom. The van der Waals surface area contributed by atoms with Gasteiger partial charge in [-0.05, 0) is 30.7 Å². The Hall–Kier alpha value is -2.28. The number of benzene rings is 1. The van der Waals surface area contributed by atoms with E-state index in [0.717, 1.165) is 23.4 Å². The second-order valence-corrected chi connectivity index (χ2v) is 4.02. The van der Waals surface area contributed by atoms with Crippen molar-refractivity contribution in [3.8, 4) is 6.07 Å². The summed E-state index contributed by atoms with van der Waals surface area (Å²) in [5.74, 6) is 0. The molecule has 17 heavy (non-hydrogen) atoms. The third-order valence-electron chi connectivity index (χ3n) is 2.60. The first-order valence-electron chi connectivity index (χ1n) is 5.41. The smallest absolute Gasteiger partial charge is 0.0991 e. The van der Waals surface area contributed by atoms with Crippen molar-refractivity contribution >= 4 is 5.69 Å². The Morgan fingerprint density at radius 1 is 1.47 bits per heavy atom. The van der Waals surface area contributed by atoms with E-state index in [2.05, 4.69) is 16.5 Å². The molecule has 2 rings (SSSR count). The van der Waals surface area contributed by atoms with E-state index in [9.17, 15) is 0 Å². The molecule has 1 heterocycles. The maximum absolute atomic E-state index is 8.78. The predicted molar refractivity (Wildman–Crippen MR) is 66.4 cm³/mol. The van der Waals surface area contributed by atoms with E-state index in [-0.39, 0.29) is 0 Å². The van der Waals surface area contributed by atoms with Gasteiger partial charge in [-0.3, -0.25) is 4.68 Å².